The second kappa shape index (κ2) is 5.19. The molecule has 0 aliphatic carbocycles. The molecule has 0 spiro atoms. The van der Waals surface area contributed by atoms with Crippen molar-refractivity contribution in [3.8, 4) is 5.88 Å². The lowest BCUT2D eigenvalue weighted by atomic mass is 10.3. The minimum Gasteiger partial charge on any atom is -0.477 e. The molecule has 13 heavy (non-hydrogen) atoms. The molecule has 0 aliphatic rings. The maximum atomic E-state index is 5.46. The predicted molar refractivity (Wildman–Crippen MR) is 52.3 cm³/mol. The third-order valence-electron chi connectivity index (χ3n) is 1.47. The van der Waals surface area contributed by atoms with Gasteiger partial charge in [0.2, 0.25) is 5.88 Å². The van der Waals surface area contributed by atoms with Crippen molar-refractivity contribution in [2.45, 2.75) is 13.3 Å². The zero-order chi connectivity index (χ0) is 9.52. The maximum Gasteiger partial charge on any atom is 0.213 e. The minimum absolute atomic E-state index is 0.617. The van der Waals surface area contributed by atoms with Gasteiger partial charge in [0.05, 0.1) is 6.61 Å². The van der Waals surface area contributed by atoms with Gasteiger partial charge in [0.15, 0.2) is 0 Å². The molecule has 0 saturated heterocycles. The molecule has 70 valence electrons. The van der Waals surface area contributed by atoms with E-state index < -0.39 is 0 Å². The van der Waals surface area contributed by atoms with Crippen molar-refractivity contribution in [3.63, 3.8) is 0 Å². The van der Waals surface area contributed by atoms with Crippen LogP contribution in [0.2, 0.25) is 0 Å². The van der Waals surface area contributed by atoms with Crippen LogP contribution in [0.3, 0.4) is 0 Å². The van der Waals surface area contributed by atoms with Crippen LogP contribution in [0.15, 0.2) is 36.2 Å². The van der Waals surface area contributed by atoms with E-state index in [0.29, 0.717) is 12.5 Å². The standard InChI is InChI=1S/C10H14N2O/c1-9(11)5-4-8-13-10-6-2-3-7-12-10/h2-3,5-7H,4,8,11H2,1H3. The van der Waals surface area contributed by atoms with Crippen molar-refractivity contribution >= 4 is 0 Å². The summed E-state index contributed by atoms with van der Waals surface area (Å²) in [5, 5.41) is 0. The number of ether oxygens (including phenoxy) is 1. The fourth-order valence-electron chi connectivity index (χ4n) is 0.883. The van der Waals surface area contributed by atoms with E-state index in [0.717, 1.165) is 12.1 Å². The Balaban J connectivity index is 2.25. The summed E-state index contributed by atoms with van der Waals surface area (Å²) in [7, 11) is 0. The first-order valence-electron chi connectivity index (χ1n) is 4.25. The van der Waals surface area contributed by atoms with Crippen molar-refractivity contribution in [2.75, 3.05) is 6.61 Å². The zero-order valence-corrected chi connectivity index (χ0v) is 7.73. The van der Waals surface area contributed by atoms with Crippen LogP contribution in [-0.2, 0) is 0 Å². The van der Waals surface area contributed by atoms with Crippen molar-refractivity contribution in [2.24, 2.45) is 5.73 Å². The van der Waals surface area contributed by atoms with Crippen LogP contribution in [0.25, 0.3) is 0 Å². The van der Waals surface area contributed by atoms with E-state index in [4.69, 9.17) is 10.5 Å². The summed E-state index contributed by atoms with van der Waals surface area (Å²) in [6.07, 6.45) is 4.46. The average molecular weight is 178 g/mol. The fourth-order valence-corrected chi connectivity index (χ4v) is 0.883. The first-order valence-corrected chi connectivity index (χ1v) is 4.25. The molecule has 0 atom stereocenters. The third kappa shape index (κ3) is 4.15. The largest absolute Gasteiger partial charge is 0.477 e. The Bertz CT molecular complexity index is 266. The quantitative estimate of drug-likeness (QED) is 0.714. The molecule has 0 fully saturated rings. The molecule has 3 nitrogen and oxygen atoms in total. The summed E-state index contributed by atoms with van der Waals surface area (Å²) >= 11 is 0. The maximum absolute atomic E-state index is 5.46. The van der Waals surface area contributed by atoms with Gasteiger partial charge in [0.1, 0.15) is 0 Å². The summed E-state index contributed by atoms with van der Waals surface area (Å²) in [5.41, 5.74) is 6.29. The van der Waals surface area contributed by atoms with Gasteiger partial charge in [-0.1, -0.05) is 12.1 Å². The summed E-state index contributed by atoms with van der Waals surface area (Å²) in [5.74, 6) is 0.658. The number of nitrogens with zero attached hydrogens (tertiary/aromatic N) is 1. The molecule has 0 saturated carbocycles. The Labute approximate surface area is 78.2 Å². The van der Waals surface area contributed by atoms with Gasteiger partial charge in [0.25, 0.3) is 0 Å². The SMILES string of the molecule is CC(N)=CCCOc1ccccn1. The van der Waals surface area contributed by atoms with Crippen LogP contribution in [-0.4, -0.2) is 11.6 Å². The van der Waals surface area contributed by atoms with Gasteiger partial charge in [0, 0.05) is 24.4 Å². The van der Waals surface area contributed by atoms with Gasteiger partial charge < -0.3 is 10.5 Å². The van der Waals surface area contributed by atoms with Crippen LogP contribution in [0.4, 0.5) is 0 Å². The molecule has 2 N–H and O–H groups in total. The number of allylic oxidation sites excluding steroid dienone is 1. The molecule has 1 aromatic rings. The Morgan fingerprint density at radius 2 is 2.46 bits per heavy atom. The van der Waals surface area contributed by atoms with Crippen molar-refractivity contribution in [3.05, 3.63) is 36.2 Å². The fraction of sp³-hybridized carbons (Fsp3) is 0.300. The van der Waals surface area contributed by atoms with E-state index in [1.54, 1.807) is 6.20 Å². The lowest BCUT2D eigenvalue weighted by molar-refractivity contribution is 0.312. The molecule has 0 aliphatic heterocycles. The number of hydrogen-bond donors (Lipinski definition) is 1. The van der Waals surface area contributed by atoms with E-state index in [9.17, 15) is 0 Å². The summed E-state index contributed by atoms with van der Waals surface area (Å²) in [6.45, 7) is 2.48. The topological polar surface area (TPSA) is 48.1 Å². The zero-order valence-electron chi connectivity index (χ0n) is 7.73. The van der Waals surface area contributed by atoms with Crippen LogP contribution >= 0.6 is 0 Å². The molecule has 1 rings (SSSR count). The van der Waals surface area contributed by atoms with Crippen LogP contribution in [0.1, 0.15) is 13.3 Å². The van der Waals surface area contributed by atoms with Crippen molar-refractivity contribution in [1.82, 2.24) is 4.98 Å². The highest BCUT2D eigenvalue weighted by atomic mass is 16.5. The molecule has 0 radical (unpaired) electrons. The van der Waals surface area contributed by atoms with Gasteiger partial charge in [-0.05, 0) is 13.0 Å². The smallest absolute Gasteiger partial charge is 0.213 e. The van der Waals surface area contributed by atoms with Crippen LogP contribution < -0.4 is 10.5 Å². The Morgan fingerprint density at radius 1 is 1.62 bits per heavy atom. The van der Waals surface area contributed by atoms with E-state index in [1.807, 2.05) is 31.2 Å². The van der Waals surface area contributed by atoms with Crippen molar-refractivity contribution in [1.29, 1.82) is 0 Å². The average Bonchev–Trinajstić information content (AvgIpc) is 2.14. The molecule has 0 unspecified atom stereocenters. The molecular weight excluding hydrogens is 164 g/mol. The van der Waals surface area contributed by atoms with E-state index in [-0.39, 0.29) is 0 Å². The highest BCUT2D eigenvalue weighted by Crippen LogP contribution is 2.03. The minimum atomic E-state index is 0.617. The van der Waals surface area contributed by atoms with Crippen LogP contribution in [0, 0.1) is 0 Å². The highest BCUT2D eigenvalue weighted by Gasteiger charge is 1.90. The van der Waals surface area contributed by atoms with Gasteiger partial charge in [-0.25, -0.2) is 4.98 Å². The number of pyridine rings is 1. The molecular formula is C10H14N2O. The molecule has 0 amide bonds. The number of hydrogen-bond acceptors (Lipinski definition) is 3. The summed E-state index contributed by atoms with van der Waals surface area (Å²) in [6, 6.07) is 5.59. The van der Waals surface area contributed by atoms with Gasteiger partial charge >= 0.3 is 0 Å². The summed E-state index contributed by atoms with van der Waals surface area (Å²) < 4.78 is 5.35. The Kier molecular flexibility index (Phi) is 3.82. The Morgan fingerprint density at radius 3 is 3.08 bits per heavy atom. The first kappa shape index (κ1) is 9.58. The molecule has 3 heteroatoms. The second-order valence-corrected chi connectivity index (χ2v) is 2.75. The first-order chi connectivity index (χ1) is 6.29. The number of nitrogens with two attached hydrogens (primary N) is 1. The van der Waals surface area contributed by atoms with Gasteiger partial charge in [-0.3, -0.25) is 0 Å². The third-order valence-corrected chi connectivity index (χ3v) is 1.47. The molecule has 0 aromatic carbocycles. The predicted octanol–water partition coefficient (Wildman–Crippen LogP) is 1.71. The Hall–Kier alpha value is -1.51. The molecule has 0 bridgehead atoms. The van der Waals surface area contributed by atoms with E-state index >= 15 is 0 Å². The lowest BCUT2D eigenvalue weighted by Gasteiger charge is -2.01. The van der Waals surface area contributed by atoms with Crippen molar-refractivity contribution < 1.29 is 4.74 Å². The highest BCUT2D eigenvalue weighted by molar-refractivity contribution is 5.09. The normalized spacial score (nSPS) is 11.3. The summed E-state index contributed by atoms with van der Waals surface area (Å²) in [4.78, 5) is 4.02. The molecule has 1 heterocycles. The number of rotatable bonds is 4. The van der Waals surface area contributed by atoms with Gasteiger partial charge in [-0.15, -0.1) is 0 Å². The van der Waals surface area contributed by atoms with Gasteiger partial charge in [-0.2, -0.15) is 0 Å². The monoisotopic (exact) mass is 178 g/mol. The number of aromatic nitrogens is 1. The second-order valence-electron chi connectivity index (χ2n) is 2.75. The molecule has 1 aromatic heterocycles. The van der Waals surface area contributed by atoms with E-state index in [1.165, 1.54) is 0 Å². The van der Waals surface area contributed by atoms with Crippen LogP contribution in [0.5, 0.6) is 5.88 Å². The lowest BCUT2D eigenvalue weighted by Crippen LogP contribution is -1.98. The van der Waals surface area contributed by atoms with E-state index in [2.05, 4.69) is 4.98 Å².